The summed E-state index contributed by atoms with van der Waals surface area (Å²) < 4.78 is 38.1. The highest BCUT2D eigenvalue weighted by molar-refractivity contribution is 6.35. The van der Waals surface area contributed by atoms with Crippen LogP contribution in [0.1, 0.15) is 16.1 Å². The molecule has 0 aliphatic rings. The van der Waals surface area contributed by atoms with Crippen molar-refractivity contribution >= 4 is 40.8 Å². The second-order valence-electron chi connectivity index (χ2n) is 3.99. The van der Waals surface area contributed by atoms with Gasteiger partial charge in [0.1, 0.15) is 10.8 Å². The highest BCUT2D eigenvalue weighted by atomic mass is 35.5. The molecule has 0 unspecified atom stereocenters. The Morgan fingerprint density at radius 3 is 2.27 bits per heavy atom. The van der Waals surface area contributed by atoms with Crippen LogP contribution in [-0.4, -0.2) is 21.0 Å². The smallest absolute Gasteiger partial charge is 0.419 e. The minimum atomic E-state index is -4.72. The number of rotatable bonds is 2. The van der Waals surface area contributed by atoms with Gasteiger partial charge in [0.25, 0.3) is 0 Å². The van der Waals surface area contributed by atoms with E-state index < -0.39 is 28.6 Å². The molecule has 0 aliphatic carbocycles. The SMILES string of the molecule is O=C(O)c1nc(-c2nc(Cl)c(C(F)(F)F)cc2Cl)ccc1Cl. The largest absolute Gasteiger partial charge is 0.476 e. The van der Waals surface area contributed by atoms with E-state index in [1.54, 1.807) is 0 Å². The summed E-state index contributed by atoms with van der Waals surface area (Å²) in [5.41, 5.74) is -1.93. The van der Waals surface area contributed by atoms with Gasteiger partial charge in [-0.2, -0.15) is 13.2 Å². The van der Waals surface area contributed by atoms with Crippen LogP contribution in [0, 0.1) is 0 Å². The fraction of sp³-hybridized carbons (Fsp3) is 0.0833. The van der Waals surface area contributed by atoms with Crippen LogP contribution in [0.3, 0.4) is 0 Å². The van der Waals surface area contributed by atoms with Gasteiger partial charge in [-0.1, -0.05) is 34.8 Å². The first-order valence-corrected chi connectivity index (χ1v) is 6.58. The molecule has 0 fully saturated rings. The first kappa shape index (κ1) is 16.8. The van der Waals surface area contributed by atoms with Crippen molar-refractivity contribution < 1.29 is 23.1 Å². The van der Waals surface area contributed by atoms with Gasteiger partial charge in [-0.15, -0.1) is 0 Å². The van der Waals surface area contributed by atoms with E-state index in [1.807, 2.05) is 0 Å². The van der Waals surface area contributed by atoms with E-state index in [0.717, 1.165) is 0 Å². The standard InChI is InChI=1S/C12H4Cl3F3N2O2/c13-5-1-2-7(19-9(5)11(21)22)8-6(14)3-4(10(15)20-8)12(16,17)18/h1-3H,(H,21,22). The Morgan fingerprint density at radius 1 is 1.09 bits per heavy atom. The first-order valence-electron chi connectivity index (χ1n) is 5.44. The van der Waals surface area contributed by atoms with E-state index in [-0.39, 0.29) is 21.4 Å². The third-order valence-electron chi connectivity index (χ3n) is 2.53. The van der Waals surface area contributed by atoms with Crippen molar-refractivity contribution in [2.24, 2.45) is 0 Å². The Hall–Kier alpha value is -1.57. The van der Waals surface area contributed by atoms with E-state index in [1.165, 1.54) is 12.1 Å². The zero-order valence-corrected chi connectivity index (χ0v) is 12.5. The lowest BCUT2D eigenvalue weighted by atomic mass is 10.2. The molecule has 2 rings (SSSR count). The number of carboxylic acids is 1. The average molecular weight is 372 g/mol. The molecule has 116 valence electrons. The van der Waals surface area contributed by atoms with Crippen molar-refractivity contribution in [1.29, 1.82) is 0 Å². The van der Waals surface area contributed by atoms with Gasteiger partial charge in [-0.25, -0.2) is 14.8 Å². The van der Waals surface area contributed by atoms with Crippen LogP contribution in [0.15, 0.2) is 18.2 Å². The molecule has 0 spiro atoms. The van der Waals surface area contributed by atoms with E-state index >= 15 is 0 Å². The van der Waals surface area contributed by atoms with E-state index in [0.29, 0.717) is 6.07 Å². The van der Waals surface area contributed by atoms with Crippen molar-refractivity contribution in [2.75, 3.05) is 0 Å². The molecule has 0 aliphatic heterocycles. The summed E-state index contributed by atoms with van der Waals surface area (Å²) in [4.78, 5) is 18.2. The Kier molecular flexibility index (Phi) is 4.51. The summed E-state index contributed by atoms with van der Waals surface area (Å²) in [6, 6.07) is 3.09. The molecular weight excluding hydrogens is 367 g/mol. The highest BCUT2D eigenvalue weighted by Gasteiger charge is 2.35. The molecule has 0 aromatic carbocycles. The molecule has 2 aromatic heterocycles. The second-order valence-corrected chi connectivity index (χ2v) is 5.16. The quantitative estimate of drug-likeness (QED) is 0.769. The molecule has 10 heteroatoms. The van der Waals surface area contributed by atoms with Gasteiger partial charge >= 0.3 is 12.1 Å². The summed E-state index contributed by atoms with van der Waals surface area (Å²) in [5.74, 6) is -1.40. The molecule has 22 heavy (non-hydrogen) atoms. The summed E-state index contributed by atoms with van der Waals surface area (Å²) in [5, 5.41) is 7.61. The monoisotopic (exact) mass is 370 g/mol. The van der Waals surface area contributed by atoms with Gasteiger partial charge in [0.2, 0.25) is 0 Å². The molecule has 2 heterocycles. The highest BCUT2D eigenvalue weighted by Crippen LogP contribution is 2.38. The van der Waals surface area contributed by atoms with E-state index in [2.05, 4.69) is 9.97 Å². The first-order chi connectivity index (χ1) is 10.1. The molecule has 0 radical (unpaired) electrons. The molecule has 1 N–H and O–H groups in total. The van der Waals surface area contributed by atoms with E-state index in [9.17, 15) is 18.0 Å². The Labute approximate surface area is 136 Å². The van der Waals surface area contributed by atoms with Crippen LogP contribution in [0.2, 0.25) is 15.2 Å². The van der Waals surface area contributed by atoms with Crippen LogP contribution in [-0.2, 0) is 6.18 Å². The minimum Gasteiger partial charge on any atom is -0.476 e. The number of carboxylic acid groups (broad SMARTS) is 1. The second kappa shape index (κ2) is 5.91. The van der Waals surface area contributed by atoms with Crippen molar-refractivity contribution in [3.63, 3.8) is 0 Å². The zero-order valence-electron chi connectivity index (χ0n) is 10.2. The van der Waals surface area contributed by atoms with Gasteiger partial charge in [0.05, 0.1) is 21.3 Å². The van der Waals surface area contributed by atoms with Crippen LogP contribution in [0.5, 0.6) is 0 Å². The normalized spacial score (nSPS) is 11.5. The predicted octanol–water partition coefficient (Wildman–Crippen LogP) is 4.82. The number of hydrogen-bond acceptors (Lipinski definition) is 3. The van der Waals surface area contributed by atoms with Crippen molar-refractivity contribution in [2.45, 2.75) is 6.18 Å². The third kappa shape index (κ3) is 3.26. The topological polar surface area (TPSA) is 63.1 Å². The maximum absolute atomic E-state index is 12.7. The lowest BCUT2D eigenvalue weighted by Crippen LogP contribution is -2.08. The minimum absolute atomic E-state index is 0.0672. The van der Waals surface area contributed by atoms with Crippen LogP contribution in [0.25, 0.3) is 11.4 Å². The molecule has 2 aromatic rings. The summed E-state index contributed by atoms with van der Waals surface area (Å²) in [7, 11) is 0. The number of halogens is 6. The Balaban J connectivity index is 2.62. The van der Waals surface area contributed by atoms with Crippen LogP contribution >= 0.6 is 34.8 Å². The molecule has 0 amide bonds. The van der Waals surface area contributed by atoms with Crippen molar-refractivity contribution in [3.8, 4) is 11.4 Å². The maximum atomic E-state index is 12.7. The average Bonchev–Trinajstić information content (AvgIpc) is 2.40. The molecule has 0 bridgehead atoms. The van der Waals surface area contributed by atoms with Gasteiger partial charge in [0, 0.05) is 0 Å². The van der Waals surface area contributed by atoms with Gasteiger partial charge < -0.3 is 5.11 Å². The molecule has 4 nitrogen and oxygen atoms in total. The summed E-state index contributed by atoms with van der Waals surface area (Å²) in [6.45, 7) is 0. The van der Waals surface area contributed by atoms with Crippen molar-refractivity contribution in [1.82, 2.24) is 9.97 Å². The van der Waals surface area contributed by atoms with Gasteiger partial charge in [0.15, 0.2) is 5.69 Å². The zero-order chi connectivity index (χ0) is 16.7. The summed E-state index contributed by atoms with van der Waals surface area (Å²) >= 11 is 16.9. The summed E-state index contributed by atoms with van der Waals surface area (Å²) in [6.07, 6.45) is -4.72. The maximum Gasteiger partial charge on any atom is 0.419 e. The number of pyridine rings is 2. The number of nitrogens with zero attached hydrogens (tertiary/aromatic N) is 2. The lowest BCUT2D eigenvalue weighted by molar-refractivity contribution is -0.137. The molecular formula is C12H4Cl3F3N2O2. The lowest BCUT2D eigenvalue weighted by Gasteiger charge is -2.11. The third-order valence-corrected chi connectivity index (χ3v) is 3.41. The Bertz CT molecular complexity index is 766. The van der Waals surface area contributed by atoms with Gasteiger partial charge in [-0.3, -0.25) is 0 Å². The van der Waals surface area contributed by atoms with Crippen molar-refractivity contribution in [3.05, 3.63) is 44.7 Å². The number of alkyl halides is 3. The van der Waals surface area contributed by atoms with E-state index in [4.69, 9.17) is 39.9 Å². The van der Waals surface area contributed by atoms with Crippen LogP contribution in [0.4, 0.5) is 13.2 Å². The molecule has 0 atom stereocenters. The van der Waals surface area contributed by atoms with Gasteiger partial charge in [-0.05, 0) is 18.2 Å². The fourth-order valence-corrected chi connectivity index (χ4v) is 2.25. The number of hydrogen-bond donors (Lipinski definition) is 1. The number of aromatic nitrogens is 2. The number of carbonyl (C=O) groups is 1. The predicted molar refractivity (Wildman–Crippen MR) is 74.5 cm³/mol. The van der Waals surface area contributed by atoms with Crippen LogP contribution < -0.4 is 0 Å². The molecule has 0 saturated heterocycles. The fourth-order valence-electron chi connectivity index (χ4n) is 1.57. The molecule has 0 saturated carbocycles. The Morgan fingerprint density at radius 2 is 1.73 bits per heavy atom. The number of aromatic carboxylic acids is 1.